The van der Waals surface area contributed by atoms with Crippen molar-refractivity contribution in [1.82, 2.24) is 18.6 Å². The molecule has 0 N–H and O–H groups in total. The quantitative estimate of drug-likeness (QED) is 0.708. The van der Waals surface area contributed by atoms with E-state index in [4.69, 9.17) is 9.97 Å². The first-order valence-electron chi connectivity index (χ1n) is 11.1. The predicted molar refractivity (Wildman–Crippen MR) is 116 cm³/mol. The summed E-state index contributed by atoms with van der Waals surface area (Å²) in [5.41, 5.74) is 2.00. The molecular formula is C21H33N5O3S. The number of carbonyl (C=O) groups excluding carboxylic acids is 1. The molecule has 9 heteroatoms. The van der Waals surface area contributed by atoms with E-state index in [0.717, 1.165) is 23.6 Å². The maximum absolute atomic E-state index is 12.8. The lowest BCUT2D eigenvalue weighted by molar-refractivity contribution is -0.119. The van der Waals surface area contributed by atoms with E-state index in [1.165, 1.54) is 40.7 Å². The van der Waals surface area contributed by atoms with Crippen LogP contribution in [0, 0.1) is 12.8 Å². The summed E-state index contributed by atoms with van der Waals surface area (Å²) in [4.78, 5) is 24.3. The molecule has 2 fully saturated rings. The van der Waals surface area contributed by atoms with Crippen LogP contribution in [0.1, 0.15) is 67.9 Å². The van der Waals surface area contributed by atoms with Crippen molar-refractivity contribution in [3.63, 3.8) is 0 Å². The van der Waals surface area contributed by atoms with Crippen LogP contribution in [0.2, 0.25) is 0 Å². The van der Waals surface area contributed by atoms with E-state index in [2.05, 4.69) is 0 Å². The average molecular weight is 436 g/mol. The van der Waals surface area contributed by atoms with E-state index in [0.29, 0.717) is 44.1 Å². The summed E-state index contributed by atoms with van der Waals surface area (Å²) in [7, 11) is -0.332. The minimum absolute atomic E-state index is 0.0442. The second-order valence-electron chi connectivity index (χ2n) is 9.11. The van der Waals surface area contributed by atoms with Gasteiger partial charge in [0.1, 0.15) is 11.6 Å². The molecule has 1 saturated heterocycles. The van der Waals surface area contributed by atoms with Crippen LogP contribution in [0.3, 0.4) is 0 Å². The van der Waals surface area contributed by atoms with Crippen molar-refractivity contribution in [3.05, 3.63) is 17.1 Å². The average Bonchev–Trinajstić information content (AvgIpc) is 3.22. The number of rotatable bonds is 5. The number of carbonyl (C=O) groups is 1. The first-order chi connectivity index (χ1) is 14.3. The van der Waals surface area contributed by atoms with Crippen LogP contribution in [-0.2, 0) is 21.4 Å². The fraction of sp³-hybridized carbons (Fsp3) is 0.762. The van der Waals surface area contributed by atoms with Gasteiger partial charge in [-0.1, -0.05) is 19.3 Å². The highest BCUT2D eigenvalue weighted by molar-refractivity contribution is 7.86. The largest absolute Gasteiger partial charge is 0.296 e. The monoisotopic (exact) mass is 435 g/mol. The van der Waals surface area contributed by atoms with Gasteiger partial charge in [0.25, 0.3) is 10.2 Å². The maximum Gasteiger partial charge on any atom is 0.281 e. The Morgan fingerprint density at radius 2 is 1.80 bits per heavy atom. The summed E-state index contributed by atoms with van der Waals surface area (Å²) in [6.45, 7) is 3.58. The Bertz CT molecular complexity index is 911. The maximum atomic E-state index is 12.8. The molecule has 0 aromatic carbocycles. The lowest BCUT2D eigenvalue weighted by atomic mass is 9.88. The van der Waals surface area contributed by atoms with Gasteiger partial charge in [0.05, 0.1) is 0 Å². The summed E-state index contributed by atoms with van der Waals surface area (Å²) < 4.78 is 27.7. The fourth-order valence-electron chi connectivity index (χ4n) is 4.98. The Balaban J connectivity index is 1.60. The summed E-state index contributed by atoms with van der Waals surface area (Å²) in [5, 5.41) is 0. The van der Waals surface area contributed by atoms with Gasteiger partial charge in [0.2, 0.25) is 5.91 Å². The molecule has 30 heavy (non-hydrogen) atoms. The normalized spacial score (nSPS) is 23.9. The number of aromatic nitrogens is 2. The summed E-state index contributed by atoms with van der Waals surface area (Å²) >= 11 is 0. The third-order valence-corrected chi connectivity index (χ3v) is 8.73. The summed E-state index contributed by atoms with van der Waals surface area (Å²) in [6, 6.07) is 0. The van der Waals surface area contributed by atoms with Gasteiger partial charge in [-0.15, -0.1) is 0 Å². The summed E-state index contributed by atoms with van der Waals surface area (Å²) in [5.74, 6) is 2.09. The second kappa shape index (κ2) is 8.51. The van der Waals surface area contributed by atoms with Gasteiger partial charge in [0, 0.05) is 57.3 Å². The van der Waals surface area contributed by atoms with Gasteiger partial charge in [-0.05, 0) is 38.5 Å². The zero-order chi connectivity index (χ0) is 21.5. The van der Waals surface area contributed by atoms with Gasteiger partial charge in [0.15, 0.2) is 0 Å². The number of aryl methyl sites for hydroxylation is 1. The van der Waals surface area contributed by atoms with E-state index in [9.17, 15) is 13.2 Å². The standard InChI is InChI=1S/C21H33N5O3S/c1-15-18-9-10-19(27)26(13-16-7-5-4-6-8-16)21(18)23-20(22-15)17-11-12-25(14-17)30(28,29)24(2)3/h16-17H,4-14H2,1-3H3/t17-/m0/s1. The van der Waals surface area contributed by atoms with Crippen LogP contribution in [0.15, 0.2) is 0 Å². The topological polar surface area (TPSA) is 86.7 Å². The van der Waals surface area contributed by atoms with Crippen LogP contribution in [0.25, 0.3) is 0 Å². The third-order valence-electron chi connectivity index (χ3n) is 6.82. The molecule has 4 rings (SSSR count). The van der Waals surface area contributed by atoms with Crippen LogP contribution < -0.4 is 4.90 Å². The molecule has 1 aliphatic carbocycles. The molecule has 0 bridgehead atoms. The third kappa shape index (κ3) is 4.11. The Morgan fingerprint density at radius 3 is 2.50 bits per heavy atom. The van der Waals surface area contributed by atoms with E-state index < -0.39 is 10.2 Å². The van der Waals surface area contributed by atoms with Gasteiger partial charge >= 0.3 is 0 Å². The lowest BCUT2D eigenvalue weighted by Gasteiger charge is -2.33. The molecule has 1 aromatic rings. The van der Waals surface area contributed by atoms with Gasteiger partial charge < -0.3 is 0 Å². The highest BCUT2D eigenvalue weighted by atomic mass is 32.2. The Kier molecular flexibility index (Phi) is 6.14. The molecule has 0 radical (unpaired) electrons. The fourth-order valence-corrected chi connectivity index (χ4v) is 6.15. The first-order valence-corrected chi connectivity index (χ1v) is 12.5. The molecule has 166 valence electrons. The Labute approximate surface area is 179 Å². The Morgan fingerprint density at radius 1 is 1.07 bits per heavy atom. The number of anilines is 1. The van der Waals surface area contributed by atoms with Crippen molar-refractivity contribution in [2.75, 3.05) is 38.6 Å². The number of amides is 1. The SMILES string of the molecule is Cc1nc([C@H]2CCN(S(=O)(=O)N(C)C)C2)nc2c1CCC(=O)N2CC1CCCCC1. The molecular weight excluding hydrogens is 402 g/mol. The van der Waals surface area contributed by atoms with E-state index in [-0.39, 0.29) is 11.8 Å². The van der Waals surface area contributed by atoms with Crippen molar-refractivity contribution in [1.29, 1.82) is 0 Å². The Hall–Kier alpha value is -1.58. The van der Waals surface area contributed by atoms with Gasteiger partial charge in [-0.3, -0.25) is 9.69 Å². The first kappa shape index (κ1) is 21.6. The second-order valence-corrected chi connectivity index (χ2v) is 11.3. The lowest BCUT2D eigenvalue weighted by Crippen LogP contribution is -2.40. The molecule has 1 amide bonds. The van der Waals surface area contributed by atoms with Crippen molar-refractivity contribution in [2.45, 2.75) is 64.2 Å². The minimum Gasteiger partial charge on any atom is -0.296 e. The molecule has 3 heterocycles. The van der Waals surface area contributed by atoms with Crippen molar-refractivity contribution in [3.8, 4) is 0 Å². The zero-order valence-electron chi connectivity index (χ0n) is 18.3. The smallest absolute Gasteiger partial charge is 0.281 e. The number of hydrogen-bond acceptors (Lipinski definition) is 5. The van der Waals surface area contributed by atoms with Crippen LogP contribution in [-0.4, -0.2) is 66.6 Å². The van der Waals surface area contributed by atoms with Crippen LogP contribution in [0.4, 0.5) is 5.82 Å². The van der Waals surface area contributed by atoms with E-state index in [1.54, 1.807) is 14.1 Å². The summed E-state index contributed by atoms with van der Waals surface area (Å²) in [6.07, 6.45) is 8.03. The molecule has 3 aliphatic rings. The molecule has 2 aliphatic heterocycles. The van der Waals surface area contributed by atoms with Crippen LogP contribution in [0.5, 0.6) is 0 Å². The van der Waals surface area contributed by atoms with E-state index in [1.807, 2.05) is 11.8 Å². The number of nitrogens with zero attached hydrogens (tertiary/aromatic N) is 5. The number of fused-ring (bicyclic) bond motifs is 1. The van der Waals surface area contributed by atoms with Crippen molar-refractivity contribution in [2.24, 2.45) is 5.92 Å². The molecule has 8 nitrogen and oxygen atoms in total. The molecule has 1 atom stereocenters. The van der Waals surface area contributed by atoms with Gasteiger partial charge in [-0.25, -0.2) is 9.97 Å². The predicted octanol–water partition coefficient (Wildman–Crippen LogP) is 2.24. The van der Waals surface area contributed by atoms with Gasteiger partial charge in [-0.2, -0.15) is 17.0 Å². The molecule has 0 unspecified atom stereocenters. The van der Waals surface area contributed by atoms with E-state index >= 15 is 0 Å². The molecule has 0 spiro atoms. The highest BCUT2D eigenvalue weighted by Gasteiger charge is 2.36. The van der Waals surface area contributed by atoms with Crippen molar-refractivity contribution < 1.29 is 13.2 Å². The zero-order valence-corrected chi connectivity index (χ0v) is 19.1. The molecule has 1 saturated carbocycles. The van der Waals surface area contributed by atoms with Crippen molar-refractivity contribution >= 4 is 21.9 Å². The highest BCUT2D eigenvalue weighted by Crippen LogP contribution is 2.34. The molecule has 1 aromatic heterocycles. The van der Waals surface area contributed by atoms with Crippen LogP contribution >= 0.6 is 0 Å². The minimum atomic E-state index is -3.44. The number of hydrogen-bond donors (Lipinski definition) is 0.